The molecule has 2 aromatic carbocycles. The van der Waals surface area contributed by atoms with Gasteiger partial charge in [0.25, 0.3) is 5.91 Å². The molecule has 3 rings (SSSR count). The molecule has 1 heterocycles. The van der Waals surface area contributed by atoms with E-state index in [0.29, 0.717) is 28.7 Å². The maximum Gasteiger partial charge on any atom is 0.283 e. The largest absolute Gasteiger partial charge is 0.493 e. The number of amides is 1. The van der Waals surface area contributed by atoms with Crippen molar-refractivity contribution in [1.29, 1.82) is 0 Å². The van der Waals surface area contributed by atoms with Gasteiger partial charge in [-0.25, -0.2) is 10.4 Å². The smallest absolute Gasteiger partial charge is 0.283 e. The Morgan fingerprint density at radius 3 is 2.86 bits per heavy atom. The molecule has 1 aromatic heterocycles. The molecule has 0 aliphatic rings. The lowest BCUT2D eigenvalue weighted by Crippen LogP contribution is -2.17. The Morgan fingerprint density at radius 2 is 2.07 bits per heavy atom. The lowest BCUT2D eigenvalue weighted by Gasteiger charge is -2.07. The number of carbonyl (C=O) groups excluding carboxylic acids is 1. The summed E-state index contributed by atoms with van der Waals surface area (Å²) < 4.78 is 5.81. The van der Waals surface area contributed by atoms with E-state index in [9.17, 15) is 4.79 Å². The normalized spacial score (nSPS) is 10.9. The van der Waals surface area contributed by atoms with E-state index in [1.165, 1.54) is 5.56 Å². The Hall–Kier alpha value is -3.19. The number of benzene rings is 2. The Kier molecular flexibility index (Phi) is 6.75. The van der Waals surface area contributed by atoms with Crippen LogP contribution in [-0.4, -0.2) is 23.7 Å². The zero-order valence-corrected chi connectivity index (χ0v) is 16.4. The first-order chi connectivity index (χ1) is 13.7. The summed E-state index contributed by atoms with van der Waals surface area (Å²) in [6, 6.07) is 17.7. The van der Waals surface area contributed by atoms with Crippen molar-refractivity contribution in [3.63, 3.8) is 0 Å². The van der Waals surface area contributed by atoms with Gasteiger partial charge in [-0.3, -0.25) is 4.79 Å². The third-order valence-electron chi connectivity index (χ3n) is 4.00. The van der Waals surface area contributed by atoms with Crippen LogP contribution in [0, 0.1) is 0 Å². The molecule has 28 heavy (non-hydrogen) atoms. The van der Waals surface area contributed by atoms with Crippen molar-refractivity contribution >= 4 is 28.6 Å². The summed E-state index contributed by atoms with van der Waals surface area (Å²) in [4.78, 5) is 16.9. The molecule has 0 unspecified atom stereocenters. The van der Waals surface area contributed by atoms with Gasteiger partial charge < -0.3 is 10.5 Å². The summed E-state index contributed by atoms with van der Waals surface area (Å²) in [7, 11) is 0. The fourth-order valence-electron chi connectivity index (χ4n) is 2.62. The predicted octanol–water partition coefficient (Wildman–Crippen LogP) is 3.67. The van der Waals surface area contributed by atoms with Crippen molar-refractivity contribution < 1.29 is 9.53 Å². The monoisotopic (exact) mass is 394 g/mol. The molecule has 0 fully saturated rings. The van der Waals surface area contributed by atoms with Gasteiger partial charge in [0.05, 0.1) is 18.5 Å². The number of anilines is 1. The molecule has 0 aliphatic heterocycles. The Labute approximate surface area is 168 Å². The van der Waals surface area contributed by atoms with E-state index < -0.39 is 0 Å². The number of ether oxygens (including phenoxy) is 1. The van der Waals surface area contributed by atoms with Crippen LogP contribution in [0.4, 0.5) is 5.13 Å². The number of aryl methyl sites for hydroxylation is 1. The molecule has 0 atom stereocenters. The van der Waals surface area contributed by atoms with Gasteiger partial charge >= 0.3 is 0 Å². The topological polar surface area (TPSA) is 89.6 Å². The molecule has 0 saturated carbocycles. The molecule has 0 aliphatic carbocycles. The van der Waals surface area contributed by atoms with Crippen molar-refractivity contribution in [3.05, 3.63) is 76.3 Å². The molecular formula is C21H22N4O2S. The van der Waals surface area contributed by atoms with Gasteiger partial charge in [0, 0.05) is 6.42 Å². The first-order valence-corrected chi connectivity index (χ1v) is 9.82. The Bertz CT molecular complexity index is 954. The van der Waals surface area contributed by atoms with Gasteiger partial charge in [-0.2, -0.15) is 5.10 Å². The van der Waals surface area contributed by atoms with Crippen LogP contribution >= 0.6 is 11.3 Å². The molecule has 144 valence electrons. The van der Waals surface area contributed by atoms with Crippen LogP contribution in [-0.2, 0) is 12.8 Å². The van der Waals surface area contributed by atoms with Crippen LogP contribution in [0.3, 0.4) is 0 Å². The lowest BCUT2D eigenvalue weighted by molar-refractivity contribution is 0.0958. The second kappa shape index (κ2) is 9.66. The fourth-order valence-corrected chi connectivity index (χ4v) is 3.43. The second-order valence-corrected chi connectivity index (χ2v) is 7.07. The Morgan fingerprint density at radius 1 is 1.25 bits per heavy atom. The lowest BCUT2D eigenvalue weighted by atomic mass is 10.2. The zero-order chi connectivity index (χ0) is 19.8. The van der Waals surface area contributed by atoms with Crippen LogP contribution in [0.2, 0.25) is 0 Å². The van der Waals surface area contributed by atoms with Crippen molar-refractivity contribution in [2.45, 2.75) is 19.8 Å². The molecule has 0 bridgehead atoms. The zero-order valence-electron chi connectivity index (χ0n) is 15.6. The minimum Gasteiger partial charge on any atom is -0.493 e. The predicted molar refractivity (Wildman–Crippen MR) is 113 cm³/mol. The molecule has 0 saturated heterocycles. The van der Waals surface area contributed by atoms with E-state index >= 15 is 0 Å². The number of nitrogens with two attached hydrogens (primary N) is 1. The highest BCUT2D eigenvalue weighted by Crippen LogP contribution is 2.20. The molecule has 6 nitrogen and oxygen atoms in total. The van der Waals surface area contributed by atoms with Gasteiger partial charge in [0.1, 0.15) is 10.6 Å². The number of aromatic nitrogens is 1. The van der Waals surface area contributed by atoms with Crippen LogP contribution in [0.15, 0.2) is 59.7 Å². The molecule has 0 spiro atoms. The average molecular weight is 395 g/mol. The van der Waals surface area contributed by atoms with E-state index in [4.69, 9.17) is 10.5 Å². The molecule has 1 amide bonds. The van der Waals surface area contributed by atoms with Gasteiger partial charge in [-0.15, -0.1) is 0 Å². The standard InChI is InChI=1S/C21H22N4O2S/c1-2-18-19(28-21(22)24-18)20(26)25-23-14-16-9-6-10-17(13-16)27-12-11-15-7-4-3-5-8-15/h3-10,13-14H,2,11-12H2,1H3,(H2,22,24)(H,25,26). The van der Waals surface area contributed by atoms with Gasteiger partial charge in [-0.1, -0.05) is 60.7 Å². The summed E-state index contributed by atoms with van der Waals surface area (Å²) in [5.74, 6) is 0.451. The highest BCUT2D eigenvalue weighted by Gasteiger charge is 2.15. The van der Waals surface area contributed by atoms with E-state index in [2.05, 4.69) is 27.6 Å². The SMILES string of the molecule is CCc1nc(N)sc1C(=O)NN=Cc1cccc(OCCc2ccccc2)c1. The van der Waals surface area contributed by atoms with Crippen molar-refractivity contribution in [3.8, 4) is 5.75 Å². The van der Waals surface area contributed by atoms with E-state index in [1.807, 2.05) is 49.4 Å². The summed E-state index contributed by atoms with van der Waals surface area (Å²) in [5, 5.41) is 4.41. The minimum atomic E-state index is -0.308. The second-order valence-electron chi connectivity index (χ2n) is 6.04. The summed E-state index contributed by atoms with van der Waals surface area (Å²) in [6.45, 7) is 2.52. The highest BCUT2D eigenvalue weighted by atomic mass is 32.1. The summed E-state index contributed by atoms with van der Waals surface area (Å²) in [6.07, 6.45) is 3.06. The number of hydrogen-bond acceptors (Lipinski definition) is 6. The van der Waals surface area contributed by atoms with E-state index in [0.717, 1.165) is 29.1 Å². The molecule has 0 radical (unpaired) electrons. The van der Waals surface area contributed by atoms with Gasteiger partial charge in [0.15, 0.2) is 5.13 Å². The number of nitrogens with one attached hydrogen (secondary N) is 1. The highest BCUT2D eigenvalue weighted by molar-refractivity contribution is 7.17. The number of carbonyl (C=O) groups is 1. The first kappa shape index (κ1) is 19.6. The van der Waals surface area contributed by atoms with E-state index in [-0.39, 0.29) is 5.91 Å². The quantitative estimate of drug-likeness (QED) is 0.451. The van der Waals surface area contributed by atoms with Crippen LogP contribution < -0.4 is 15.9 Å². The summed E-state index contributed by atoms with van der Waals surface area (Å²) >= 11 is 1.16. The van der Waals surface area contributed by atoms with Crippen molar-refractivity contribution in [2.75, 3.05) is 12.3 Å². The fraction of sp³-hybridized carbons (Fsp3) is 0.190. The molecule has 7 heteroatoms. The first-order valence-electron chi connectivity index (χ1n) is 9.01. The maximum atomic E-state index is 12.2. The number of hydrazone groups is 1. The van der Waals surface area contributed by atoms with Crippen molar-refractivity contribution in [1.82, 2.24) is 10.4 Å². The third-order valence-corrected chi connectivity index (χ3v) is 4.92. The number of thiazole rings is 1. The van der Waals surface area contributed by atoms with Crippen LogP contribution in [0.5, 0.6) is 5.75 Å². The van der Waals surface area contributed by atoms with Crippen molar-refractivity contribution in [2.24, 2.45) is 5.10 Å². The third kappa shape index (κ3) is 5.40. The van der Waals surface area contributed by atoms with Crippen LogP contribution in [0.1, 0.15) is 33.4 Å². The molecule has 3 aromatic rings. The number of rotatable bonds is 8. The number of nitrogen functional groups attached to an aromatic ring is 1. The average Bonchev–Trinajstić information content (AvgIpc) is 3.10. The van der Waals surface area contributed by atoms with Gasteiger partial charge in [0.2, 0.25) is 0 Å². The molecule has 3 N–H and O–H groups in total. The minimum absolute atomic E-state index is 0.308. The number of hydrogen-bond donors (Lipinski definition) is 2. The molecular weight excluding hydrogens is 372 g/mol. The maximum absolute atomic E-state index is 12.2. The number of nitrogens with zero attached hydrogens (tertiary/aromatic N) is 2. The van der Waals surface area contributed by atoms with Gasteiger partial charge in [-0.05, 0) is 29.7 Å². The Balaban J connectivity index is 1.54. The summed E-state index contributed by atoms with van der Waals surface area (Å²) in [5.41, 5.74) is 11.0. The van der Waals surface area contributed by atoms with E-state index in [1.54, 1.807) is 6.21 Å². The van der Waals surface area contributed by atoms with Crippen LogP contribution in [0.25, 0.3) is 0 Å².